The lowest BCUT2D eigenvalue weighted by atomic mass is 9.99. The van der Waals surface area contributed by atoms with Crippen LogP contribution in [-0.4, -0.2) is 60.5 Å². The SMILES string of the molecule is O=C1c2ccccc2CCN1CCN1C[C@@H]2C[C@H]1CN2c1ccccc1. The number of piperazine rings is 1. The fraction of sp³-hybridized carbons (Fsp3) is 0.409. The summed E-state index contributed by atoms with van der Waals surface area (Å²) in [4.78, 5) is 19.9. The summed E-state index contributed by atoms with van der Waals surface area (Å²) < 4.78 is 0. The molecule has 0 radical (unpaired) electrons. The van der Waals surface area contributed by atoms with Crippen LogP contribution in [0, 0.1) is 0 Å². The molecule has 3 aliphatic rings. The van der Waals surface area contributed by atoms with Crippen molar-refractivity contribution < 1.29 is 4.79 Å². The number of nitrogens with zero attached hydrogens (tertiary/aromatic N) is 3. The van der Waals surface area contributed by atoms with Gasteiger partial charge < -0.3 is 9.80 Å². The van der Waals surface area contributed by atoms with Crippen LogP contribution in [-0.2, 0) is 6.42 Å². The molecule has 2 aromatic rings. The lowest BCUT2D eigenvalue weighted by Gasteiger charge is -2.37. The summed E-state index contributed by atoms with van der Waals surface area (Å²) in [6.07, 6.45) is 2.24. The molecule has 4 heteroatoms. The zero-order chi connectivity index (χ0) is 17.5. The van der Waals surface area contributed by atoms with E-state index in [-0.39, 0.29) is 5.91 Å². The number of fused-ring (bicyclic) bond motifs is 3. The Morgan fingerprint density at radius 1 is 0.885 bits per heavy atom. The van der Waals surface area contributed by atoms with Gasteiger partial charge in [-0.1, -0.05) is 36.4 Å². The van der Waals surface area contributed by atoms with Crippen molar-refractivity contribution in [2.24, 2.45) is 0 Å². The average Bonchev–Trinajstić information content (AvgIpc) is 3.29. The Morgan fingerprint density at radius 3 is 2.50 bits per heavy atom. The molecule has 1 amide bonds. The Labute approximate surface area is 155 Å². The number of rotatable bonds is 4. The van der Waals surface area contributed by atoms with E-state index in [9.17, 15) is 4.79 Å². The van der Waals surface area contributed by atoms with E-state index in [0.29, 0.717) is 12.1 Å². The molecule has 2 fully saturated rings. The Kier molecular flexibility index (Phi) is 3.93. The van der Waals surface area contributed by atoms with Crippen LogP contribution in [0.1, 0.15) is 22.3 Å². The van der Waals surface area contributed by atoms with Gasteiger partial charge in [0.05, 0.1) is 0 Å². The maximum Gasteiger partial charge on any atom is 0.254 e. The lowest BCUT2D eigenvalue weighted by Crippen LogP contribution is -2.49. The van der Waals surface area contributed by atoms with E-state index in [2.05, 4.69) is 46.2 Å². The van der Waals surface area contributed by atoms with Crippen LogP contribution in [0.3, 0.4) is 0 Å². The van der Waals surface area contributed by atoms with E-state index in [1.165, 1.54) is 17.7 Å². The number of benzene rings is 2. The van der Waals surface area contributed by atoms with Gasteiger partial charge in [0.2, 0.25) is 0 Å². The predicted molar refractivity (Wildman–Crippen MR) is 104 cm³/mol. The highest BCUT2D eigenvalue weighted by Crippen LogP contribution is 2.34. The van der Waals surface area contributed by atoms with E-state index in [1.54, 1.807) is 0 Å². The minimum Gasteiger partial charge on any atom is -0.366 e. The highest BCUT2D eigenvalue weighted by Gasteiger charge is 2.43. The van der Waals surface area contributed by atoms with Crippen molar-refractivity contribution in [3.05, 3.63) is 65.7 Å². The maximum atomic E-state index is 12.7. The van der Waals surface area contributed by atoms with Crippen molar-refractivity contribution in [1.29, 1.82) is 0 Å². The summed E-state index contributed by atoms with van der Waals surface area (Å²) >= 11 is 0. The minimum absolute atomic E-state index is 0.210. The first-order chi connectivity index (χ1) is 12.8. The molecule has 3 aliphatic heterocycles. The summed E-state index contributed by atoms with van der Waals surface area (Å²) in [6, 6.07) is 20.1. The molecule has 0 saturated carbocycles. The van der Waals surface area contributed by atoms with E-state index < -0.39 is 0 Å². The quantitative estimate of drug-likeness (QED) is 0.851. The number of hydrogen-bond acceptors (Lipinski definition) is 3. The number of anilines is 1. The van der Waals surface area contributed by atoms with Crippen molar-refractivity contribution in [2.45, 2.75) is 24.9 Å². The molecular weight excluding hydrogens is 322 g/mol. The summed E-state index contributed by atoms with van der Waals surface area (Å²) in [7, 11) is 0. The smallest absolute Gasteiger partial charge is 0.254 e. The zero-order valence-corrected chi connectivity index (χ0v) is 15.1. The molecule has 2 saturated heterocycles. The molecule has 0 spiro atoms. The van der Waals surface area contributed by atoms with E-state index in [0.717, 1.165) is 44.7 Å². The maximum absolute atomic E-state index is 12.7. The van der Waals surface area contributed by atoms with Crippen molar-refractivity contribution >= 4 is 11.6 Å². The van der Waals surface area contributed by atoms with E-state index in [4.69, 9.17) is 0 Å². The van der Waals surface area contributed by atoms with Gasteiger partial charge in [-0.25, -0.2) is 0 Å². The molecule has 4 nitrogen and oxygen atoms in total. The number of amides is 1. The number of carbonyl (C=O) groups excluding carboxylic acids is 1. The molecule has 2 atom stereocenters. The third-order valence-corrected chi connectivity index (χ3v) is 6.29. The summed E-state index contributed by atoms with van der Waals surface area (Å²) in [5, 5.41) is 0. The number of likely N-dealkylation sites (tertiary alicyclic amines) is 1. The average molecular weight is 347 g/mol. The second kappa shape index (κ2) is 6.44. The van der Waals surface area contributed by atoms with E-state index in [1.807, 2.05) is 23.1 Å². The van der Waals surface area contributed by atoms with Crippen LogP contribution >= 0.6 is 0 Å². The van der Waals surface area contributed by atoms with Gasteiger partial charge in [0, 0.05) is 56.1 Å². The Hall–Kier alpha value is -2.33. The van der Waals surface area contributed by atoms with Gasteiger partial charge in [-0.2, -0.15) is 0 Å². The summed E-state index contributed by atoms with van der Waals surface area (Å²) in [6.45, 7) is 4.94. The molecule has 2 bridgehead atoms. The topological polar surface area (TPSA) is 26.8 Å². The highest BCUT2D eigenvalue weighted by molar-refractivity contribution is 5.96. The Bertz CT molecular complexity index is 806. The van der Waals surface area contributed by atoms with Crippen LogP contribution in [0.15, 0.2) is 54.6 Å². The third-order valence-electron chi connectivity index (χ3n) is 6.29. The number of para-hydroxylation sites is 1. The van der Waals surface area contributed by atoms with Gasteiger partial charge in [0.15, 0.2) is 0 Å². The normalized spacial score (nSPS) is 25.0. The first-order valence-corrected chi connectivity index (χ1v) is 9.72. The molecular formula is C22H25N3O. The fourth-order valence-corrected chi connectivity index (χ4v) is 4.90. The Morgan fingerprint density at radius 2 is 1.69 bits per heavy atom. The van der Waals surface area contributed by atoms with Gasteiger partial charge in [-0.3, -0.25) is 9.69 Å². The monoisotopic (exact) mass is 347 g/mol. The zero-order valence-electron chi connectivity index (χ0n) is 15.1. The molecule has 0 aliphatic carbocycles. The van der Waals surface area contributed by atoms with Gasteiger partial charge >= 0.3 is 0 Å². The van der Waals surface area contributed by atoms with Gasteiger partial charge in [-0.05, 0) is 36.6 Å². The molecule has 0 unspecified atom stereocenters. The van der Waals surface area contributed by atoms with E-state index >= 15 is 0 Å². The van der Waals surface area contributed by atoms with Crippen LogP contribution < -0.4 is 4.90 Å². The number of hydrogen-bond donors (Lipinski definition) is 0. The minimum atomic E-state index is 0.210. The number of carbonyl (C=O) groups is 1. The van der Waals surface area contributed by atoms with Crippen molar-refractivity contribution in [3.8, 4) is 0 Å². The van der Waals surface area contributed by atoms with Crippen molar-refractivity contribution in [3.63, 3.8) is 0 Å². The molecule has 2 aromatic carbocycles. The van der Waals surface area contributed by atoms with Gasteiger partial charge in [0.25, 0.3) is 5.91 Å². The summed E-state index contributed by atoms with van der Waals surface area (Å²) in [5.41, 5.74) is 3.45. The van der Waals surface area contributed by atoms with Crippen LogP contribution in [0.4, 0.5) is 5.69 Å². The second-order valence-corrected chi connectivity index (χ2v) is 7.73. The second-order valence-electron chi connectivity index (χ2n) is 7.73. The van der Waals surface area contributed by atoms with Crippen LogP contribution in [0.5, 0.6) is 0 Å². The standard InChI is InChI=1S/C22H25N3O/c26-22-21-9-5-4-6-17(21)10-11-23(22)12-13-24-15-20-14-19(24)16-25(20)18-7-2-1-3-8-18/h1-9,19-20H,10-16H2/t19-,20-/m0/s1. The van der Waals surface area contributed by atoms with Crippen molar-refractivity contribution in [1.82, 2.24) is 9.80 Å². The largest absolute Gasteiger partial charge is 0.366 e. The summed E-state index contributed by atoms with van der Waals surface area (Å²) in [5.74, 6) is 0.210. The molecule has 26 heavy (non-hydrogen) atoms. The van der Waals surface area contributed by atoms with Gasteiger partial charge in [0.1, 0.15) is 0 Å². The molecule has 0 aromatic heterocycles. The molecule has 134 valence electrons. The van der Waals surface area contributed by atoms with Crippen LogP contribution in [0.25, 0.3) is 0 Å². The van der Waals surface area contributed by atoms with Crippen molar-refractivity contribution in [2.75, 3.05) is 37.6 Å². The van der Waals surface area contributed by atoms with Gasteiger partial charge in [-0.15, -0.1) is 0 Å². The first-order valence-electron chi connectivity index (χ1n) is 9.72. The first kappa shape index (κ1) is 15.9. The highest BCUT2D eigenvalue weighted by atomic mass is 16.2. The predicted octanol–water partition coefficient (Wildman–Crippen LogP) is 2.65. The molecule has 0 N–H and O–H groups in total. The third kappa shape index (κ3) is 2.69. The molecule has 5 rings (SSSR count). The van der Waals surface area contributed by atoms with Crippen LogP contribution in [0.2, 0.25) is 0 Å². The lowest BCUT2D eigenvalue weighted by molar-refractivity contribution is 0.0713. The fourth-order valence-electron chi connectivity index (χ4n) is 4.90. The Balaban J connectivity index is 1.19. The molecule has 3 heterocycles.